The van der Waals surface area contributed by atoms with Crippen LogP contribution in [-0.2, 0) is 6.54 Å². The monoisotopic (exact) mass is 313 g/mol. The minimum Gasteiger partial charge on any atom is -0.396 e. The number of urea groups is 1. The Bertz CT molecular complexity index is 683. The smallest absolute Gasteiger partial charge is 0.315 e. The summed E-state index contributed by atoms with van der Waals surface area (Å²) in [6, 6.07) is 9.40. The first-order valence-electron chi connectivity index (χ1n) is 7.54. The van der Waals surface area contributed by atoms with Gasteiger partial charge in [-0.3, -0.25) is 4.57 Å². The topological polar surface area (TPSA) is 92.1 Å². The number of para-hydroxylation sites is 1. The fourth-order valence-corrected chi connectivity index (χ4v) is 2.58. The van der Waals surface area contributed by atoms with Gasteiger partial charge in [-0.1, -0.05) is 30.4 Å². The van der Waals surface area contributed by atoms with E-state index in [4.69, 9.17) is 5.11 Å². The molecular weight excluding hydrogens is 294 g/mol. The molecule has 0 aliphatic heterocycles. The number of hydrogen-bond acceptors (Lipinski definition) is 4. The van der Waals surface area contributed by atoms with Crippen molar-refractivity contribution in [2.45, 2.75) is 19.0 Å². The summed E-state index contributed by atoms with van der Waals surface area (Å²) in [7, 11) is 0. The molecule has 0 fully saturated rings. The lowest BCUT2D eigenvalue weighted by Crippen LogP contribution is -2.40. The molecular formula is C16H19N5O2. The van der Waals surface area contributed by atoms with E-state index in [1.54, 1.807) is 6.33 Å². The number of rotatable bonds is 5. The Hall–Kier alpha value is -2.67. The van der Waals surface area contributed by atoms with Gasteiger partial charge < -0.3 is 15.7 Å². The zero-order valence-electron chi connectivity index (χ0n) is 12.6. The number of carbonyl (C=O) groups is 1. The molecule has 1 aromatic carbocycles. The fourth-order valence-electron chi connectivity index (χ4n) is 2.58. The Labute approximate surface area is 134 Å². The van der Waals surface area contributed by atoms with Crippen LogP contribution in [0.5, 0.6) is 0 Å². The molecule has 2 amide bonds. The maximum Gasteiger partial charge on any atom is 0.315 e. The first-order chi connectivity index (χ1) is 11.3. The molecule has 7 nitrogen and oxygen atoms in total. The third kappa shape index (κ3) is 3.75. The number of aliphatic hydroxyl groups is 1. The minimum atomic E-state index is -0.263. The van der Waals surface area contributed by atoms with Gasteiger partial charge in [0, 0.05) is 24.3 Å². The van der Waals surface area contributed by atoms with Crippen LogP contribution in [0, 0.1) is 5.92 Å². The van der Waals surface area contributed by atoms with Gasteiger partial charge in [-0.25, -0.2) is 4.79 Å². The highest BCUT2D eigenvalue weighted by atomic mass is 16.3. The van der Waals surface area contributed by atoms with Gasteiger partial charge in [0.2, 0.25) is 0 Å². The Morgan fingerprint density at radius 1 is 1.30 bits per heavy atom. The molecule has 7 heteroatoms. The average molecular weight is 313 g/mol. The second-order valence-electron chi connectivity index (χ2n) is 5.45. The Balaban J connectivity index is 1.54. The number of aromatic nitrogens is 3. The molecule has 1 heterocycles. The lowest BCUT2D eigenvalue weighted by molar-refractivity contribution is 0.231. The van der Waals surface area contributed by atoms with Gasteiger partial charge in [-0.05, 0) is 18.6 Å². The summed E-state index contributed by atoms with van der Waals surface area (Å²) in [6.45, 7) is 0.386. The lowest BCUT2D eigenvalue weighted by atomic mass is 10.1. The zero-order chi connectivity index (χ0) is 16.1. The maximum atomic E-state index is 12.0. The molecule has 1 aliphatic rings. The average Bonchev–Trinajstić information content (AvgIpc) is 3.22. The molecule has 0 saturated carbocycles. The van der Waals surface area contributed by atoms with Crippen LogP contribution in [0.4, 0.5) is 4.79 Å². The molecule has 120 valence electrons. The second kappa shape index (κ2) is 7.06. The molecule has 0 unspecified atom stereocenters. The third-order valence-corrected chi connectivity index (χ3v) is 3.78. The van der Waals surface area contributed by atoms with Gasteiger partial charge in [0.15, 0.2) is 5.82 Å². The highest BCUT2D eigenvalue weighted by molar-refractivity contribution is 5.74. The van der Waals surface area contributed by atoms with Crippen LogP contribution in [0.25, 0.3) is 5.69 Å². The summed E-state index contributed by atoms with van der Waals surface area (Å²) >= 11 is 0. The summed E-state index contributed by atoms with van der Waals surface area (Å²) in [5.74, 6) is 0.781. The van der Waals surface area contributed by atoms with Gasteiger partial charge in [0.25, 0.3) is 0 Å². The van der Waals surface area contributed by atoms with Crippen molar-refractivity contribution < 1.29 is 9.90 Å². The summed E-state index contributed by atoms with van der Waals surface area (Å²) in [6.07, 6.45) is 6.18. The maximum absolute atomic E-state index is 12.0. The number of hydrogen-bond donors (Lipinski definition) is 3. The molecule has 23 heavy (non-hydrogen) atoms. The molecule has 0 radical (unpaired) electrons. The Morgan fingerprint density at radius 3 is 2.87 bits per heavy atom. The van der Waals surface area contributed by atoms with Gasteiger partial charge in [0.05, 0.1) is 6.54 Å². The van der Waals surface area contributed by atoms with E-state index in [2.05, 4.69) is 20.8 Å². The summed E-state index contributed by atoms with van der Waals surface area (Å²) in [5, 5.41) is 22.7. The van der Waals surface area contributed by atoms with Gasteiger partial charge in [-0.15, -0.1) is 10.2 Å². The van der Waals surface area contributed by atoms with Gasteiger partial charge in [-0.2, -0.15) is 0 Å². The second-order valence-corrected chi connectivity index (χ2v) is 5.45. The molecule has 3 N–H and O–H groups in total. The van der Waals surface area contributed by atoms with Crippen molar-refractivity contribution in [2.75, 3.05) is 6.61 Å². The Morgan fingerprint density at radius 2 is 2.13 bits per heavy atom. The number of nitrogens with one attached hydrogen (secondary N) is 2. The van der Waals surface area contributed by atoms with E-state index in [0.29, 0.717) is 5.82 Å². The molecule has 0 saturated heterocycles. The van der Waals surface area contributed by atoms with Crippen molar-refractivity contribution >= 4 is 6.03 Å². The van der Waals surface area contributed by atoms with Crippen LogP contribution in [0.1, 0.15) is 12.2 Å². The molecule has 2 atom stereocenters. The van der Waals surface area contributed by atoms with E-state index in [1.807, 2.05) is 47.1 Å². The largest absolute Gasteiger partial charge is 0.396 e. The van der Waals surface area contributed by atoms with Crippen LogP contribution in [0.15, 0.2) is 48.8 Å². The van der Waals surface area contributed by atoms with Crippen LogP contribution in [-0.4, -0.2) is 38.6 Å². The molecule has 2 aromatic rings. The van der Waals surface area contributed by atoms with E-state index in [1.165, 1.54) is 0 Å². The first-order valence-corrected chi connectivity index (χ1v) is 7.54. The first kappa shape index (κ1) is 15.2. The van der Waals surface area contributed by atoms with E-state index in [-0.39, 0.29) is 31.1 Å². The zero-order valence-corrected chi connectivity index (χ0v) is 12.6. The third-order valence-electron chi connectivity index (χ3n) is 3.78. The SMILES string of the molecule is O=C(NCc1nncn1-c1ccccc1)N[C@@H]1C=C[C@H](CO)C1. The Kier molecular flexibility index (Phi) is 4.68. The number of carbonyl (C=O) groups excluding carboxylic acids is 1. The van der Waals surface area contributed by atoms with Crippen molar-refractivity contribution in [1.82, 2.24) is 25.4 Å². The van der Waals surface area contributed by atoms with Crippen molar-refractivity contribution in [3.63, 3.8) is 0 Å². The lowest BCUT2D eigenvalue weighted by Gasteiger charge is -2.13. The molecule has 1 aromatic heterocycles. The number of amides is 2. The van der Waals surface area contributed by atoms with Gasteiger partial charge in [0.1, 0.15) is 6.33 Å². The van der Waals surface area contributed by atoms with Crippen molar-refractivity contribution in [1.29, 1.82) is 0 Å². The van der Waals surface area contributed by atoms with E-state index < -0.39 is 0 Å². The standard InChI is InChI=1S/C16H19N5O2/c22-10-12-6-7-13(8-12)19-16(23)17-9-15-20-18-11-21(15)14-4-2-1-3-5-14/h1-7,11-13,22H,8-10H2,(H2,17,19,23)/t12-,13+/m0/s1. The van der Waals surface area contributed by atoms with Crippen LogP contribution >= 0.6 is 0 Å². The van der Waals surface area contributed by atoms with Crippen LogP contribution < -0.4 is 10.6 Å². The summed E-state index contributed by atoms with van der Waals surface area (Å²) in [5.41, 5.74) is 0.944. The summed E-state index contributed by atoms with van der Waals surface area (Å²) in [4.78, 5) is 12.0. The van der Waals surface area contributed by atoms with Crippen molar-refractivity contribution in [3.05, 3.63) is 54.6 Å². The van der Waals surface area contributed by atoms with Gasteiger partial charge >= 0.3 is 6.03 Å². The van der Waals surface area contributed by atoms with E-state index in [0.717, 1.165) is 12.1 Å². The number of benzene rings is 1. The molecule has 0 spiro atoms. The number of aliphatic hydroxyl groups excluding tert-OH is 1. The molecule has 3 rings (SSSR count). The minimum absolute atomic E-state index is 0.0425. The predicted octanol–water partition coefficient (Wildman–Crippen LogP) is 1.00. The van der Waals surface area contributed by atoms with Crippen molar-refractivity contribution in [2.24, 2.45) is 5.92 Å². The fraction of sp³-hybridized carbons (Fsp3) is 0.312. The van der Waals surface area contributed by atoms with Crippen LogP contribution in [0.2, 0.25) is 0 Å². The predicted molar refractivity (Wildman–Crippen MR) is 84.9 cm³/mol. The van der Waals surface area contributed by atoms with E-state index >= 15 is 0 Å². The summed E-state index contributed by atoms with van der Waals surface area (Å²) < 4.78 is 1.83. The van der Waals surface area contributed by atoms with Crippen LogP contribution in [0.3, 0.4) is 0 Å². The molecule has 1 aliphatic carbocycles. The highest BCUT2D eigenvalue weighted by Crippen LogP contribution is 2.16. The normalized spacial score (nSPS) is 19.7. The quantitative estimate of drug-likeness (QED) is 0.718. The molecule has 0 bridgehead atoms. The van der Waals surface area contributed by atoms with E-state index in [9.17, 15) is 4.79 Å². The number of nitrogens with zero attached hydrogens (tertiary/aromatic N) is 3. The van der Waals surface area contributed by atoms with Crippen molar-refractivity contribution in [3.8, 4) is 5.69 Å². The highest BCUT2D eigenvalue weighted by Gasteiger charge is 2.19.